The van der Waals surface area contributed by atoms with Crippen molar-refractivity contribution in [1.82, 2.24) is 14.3 Å². The lowest BCUT2D eigenvalue weighted by Gasteiger charge is -1.99. The van der Waals surface area contributed by atoms with Gasteiger partial charge in [-0.25, -0.2) is 14.3 Å². The molecule has 3 aromatic heterocycles. The molecule has 1 aliphatic carbocycles. The van der Waals surface area contributed by atoms with Crippen molar-refractivity contribution in [3.63, 3.8) is 0 Å². The number of hydrogen-bond donors (Lipinski definition) is 0. The first-order valence-corrected chi connectivity index (χ1v) is 8.45. The van der Waals surface area contributed by atoms with Crippen molar-refractivity contribution in [2.24, 2.45) is 0 Å². The molecule has 1 saturated carbocycles. The molecular formula is C16H15N3O4S. The fourth-order valence-electron chi connectivity index (χ4n) is 2.58. The lowest BCUT2D eigenvalue weighted by atomic mass is 10.4. The first-order valence-electron chi connectivity index (χ1n) is 7.57. The molecular weight excluding hydrogens is 330 g/mol. The summed E-state index contributed by atoms with van der Waals surface area (Å²) in [4.78, 5) is 25.1. The second-order valence-corrected chi connectivity index (χ2v) is 6.55. The highest BCUT2D eigenvalue weighted by Gasteiger charge is 2.30. The van der Waals surface area contributed by atoms with Crippen LogP contribution in [0.15, 0.2) is 38.9 Å². The number of furan rings is 1. The van der Waals surface area contributed by atoms with Crippen molar-refractivity contribution in [1.29, 1.82) is 0 Å². The maximum Gasteiger partial charge on any atom is 0.373 e. The summed E-state index contributed by atoms with van der Waals surface area (Å²) < 4.78 is 13.2. The van der Waals surface area contributed by atoms with Gasteiger partial charge in [-0.15, -0.1) is 16.4 Å². The maximum absolute atomic E-state index is 12.7. The lowest BCUT2D eigenvalue weighted by Crippen LogP contribution is -2.24. The van der Waals surface area contributed by atoms with E-state index in [-0.39, 0.29) is 24.0 Å². The van der Waals surface area contributed by atoms with Gasteiger partial charge in [-0.05, 0) is 36.4 Å². The van der Waals surface area contributed by atoms with Crippen LogP contribution in [0.3, 0.4) is 0 Å². The first kappa shape index (κ1) is 14.9. The van der Waals surface area contributed by atoms with Gasteiger partial charge in [0.25, 0.3) is 0 Å². The molecule has 0 bridgehead atoms. The van der Waals surface area contributed by atoms with E-state index < -0.39 is 5.97 Å². The van der Waals surface area contributed by atoms with Crippen LogP contribution in [0.4, 0.5) is 0 Å². The van der Waals surface area contributed by atoms with Crippen molar-refractivity contribution < 1.29 is 13.9 Å². The number of hydrogen-bond acceptors (Lipinski definition) is 6. The Balaban J connectivity index is 1.69. The largest absolute Gasteiger partial charge is 0.463 e. The molecule has 0 radical (unpaired) electrons. The van der Waals surface area contributed by atoms with Gasteiger partial charge in [-0.1, -0.05) is 6.07 Å². The van der Waals surface area contributed by atoms with Gasteiger partial charge in [0.1, 0.15) is 12.3 Å². The van der Waals surface area contributed by atoms with Crippen molar-refractivity contribution in [2.75, 3.05) is 7.11 Å². The Morgan fingerprint density at radius 3 is 2.92 bits per heavy atom. The van der Waals surface area contributed by atoms with Crippen molar-refractivity contribution in [3.05, 3.63) is 51.7 Å². The third-order valence-corrected chi connectivity index (χ3v) is 4.74. The fourth-order valence-corrected chi connectivity index (χ4v) is 3.29. The summed E-state index contributed by atoms with van der Waals surface area (Å²) in [5, 5.41) is 6.45. The molecule has 124 valence electrons. The molecule has 8 heteroatoms. The minimum absolute atomic E-state index is 0.112. The molecule has 24 heavy (non-hydrogen) atoms. The number of rotatable bonds is 5. The number of nitrogens with zero attached hydrogens (tertiary/aromatic N) is 3. The zero-order chi connectivity index (χ0) is 16.7. The second kappa shape index (κ2) is 5.79. The summed E-state index contributed by atoms with van der Waals surface area (Å²) in [6.45, 7) is 0.175. The quantitative estimate of drug-likeness (QED) is 0.664. The number of thiophene rings is 1. The van der Waals surface area contributed by atoms with Crippen LogP contribution < -0.4 is 5.69 Å². The van der Waals surface area contributed by atoms with Gasteiger partial charge >= 0.3 is 11.7 Å². The van der Waals surface area contributed by atoms with Crippen molar-refractivity contribution >= 4 is 17.3 Å². The summed E-state index contributed by atoms with van der Waals surface area (Å²) in [6.07, 6.45) is 1.99. The number of carbonyl (C=O) groups is 1. The van der Waals surface area contributed by atoms with Crippen molar-refractivity contribution in [2.45, 2.75) is 25.4 Å². The van der Waals surface area contributed by atoms with Crippen LogP contribution in [0.5, 0.6) is 0 Å². The zero-order valence-corrected chi connectivity index (χ0v) is 13.8. The van der Waals surface area contributed by atoms with E-state index in [2.05, 4.69) is 9.84 Å². The summed E-state index contributed by atoms with van der Waals surface area (Å²) in [5.74, 6) is 0.741. The van der Waals surface area contributed by atoms with Crippen molar-refractivity contribution in [3.8, 4) is 10.7 Å². The van der Waals surface area contributed by atoms with Crippen LogP contribution in [0.2, 0.25) is 0 Å². The van der Waals surface area contributed by atoms with Crippen LogP contribution in [0, 0.1) is 0 Å². The number of esters is 1. The van der Waals surface area contributed by atoms with E-state index in [1.807, 2.05) is 17.5 Å². The number of carbonyl (C=O) groups excluding carboxylic acids is 1. The molecule has 3 heterocycles. The molecule has 0 aliphatic heterocycles. The zero-order valence-electron chi connectivity index (χ0n) is 13.0. The molecule has 0 N–H and O–H groups in total. The summed E-state index contributed by atoms with van der Waals surface area (Å²) >= 11 is 1.55. The summed E-state index contributed by atoms with van der Waals surface area (Å²) in [6, 6.07) is 7.31. The van der Waals surface area contributed by atoms with E-state index in [9.17, 15) is 9.59 Å². The standard InChI is InChI=1S/C16H15N3O4S/c1-22-15(20)12-7-6-11(23-12)9-18-16(21)19(10-4-5-10)14(17-18)13-3-2-8-24-13/h2-3,6-8,10H,4-5,9H2,1H3. The van der Waals surface area contributed by atoms with Crippen LogP contribution in [0.25, 0.3) is 10.7 Å². The van der Waals surface area contributed by atoms with Gasteiger partial charge in [0.2, 0.25) is 5.76 Å². The van der Waals surface area contributed by atoms with Crippen LogP contribution >= 0.6 is 11.3 Å². The molecule has 0 amide bonds. The minimum atomic E-state index is -0.545. The van der Waals surface area contributed by atoms with Gasteiger partial charge in [-0.2, -0.15) is 0 Å². The normalized spacial score (nSPS) is 14.0. The van der Waals surface area contributed by atoms with Gasteiger partial charge < -0.3 is 9.15 Å². The number of ether oxygens (including phenoxy) is 1. The lowest BCUT2D eigenvalue weighted by molar-refractivity contribution is 0.0562. The highest BCUT2D eigenvalue weighted by atomic mass is 32.1. The van der Waals surface area contributed by atoms with E-state index in [1.165, 1.54) is 17.9 Å². The topological polar surface area (TPSA) is 79.3 Å². The third-order valence-electron chi connectivity index (χ3n) is 3.88. The van der Waals surface area contributed by atoms with Crippen LogP contribution in [-0.2, 0) is 11.3 Å². The predicted molar refractivity (Wildman–Crippen MR) is 87.2 cm³/mol. The first-order chi connectivity index (χ1) is 11.7. The highest BCUT2D eigenvalue weighted by molar-refractivity contribution is 7.13. The second-order valence-electron chi connectivity index (χ2n) is 5.60. The molecule has 4 rings (SSSR count). The van der Waals surface area contributed by atoms with E-state index >= 15 is 0 Å². The monoisotopic (exact) mass is 345 g/mol. The maximum atomic E-state index is 12.7. The number of aromatic nitrogens is 3. The predicted octanol–water partition coefficient (Wildman–Crippen LogP) is 2.54. The average molecular weight is 345 g/mol. The Labute approximate surface area is 141 Å². The van der Waals surface area contributed by atoms with Crippen LogP contribution in [0.1, 0.15) is 35.2 Å². The Morgan fingerprint density at radius 2 is 2.25 bits per heavy atom. The SMILES string of the molecule is COC(=O)c1ccc(Cn2nc(-c3cccs3)n(C3CC3)c2=O)o1. The Bertz CT molecular complexity index is 931. The number of methoxy groups -OCH3 is 1. The van der Waals surface area contributed by atoms with Gasteiger partial charge in [0.05, 0.1) is 12.0 Å². The van der Waals surface area contributed by atoms with Gasteiger partial charge in [0, 0.05) is 6.04 Å². The summed E-state index contributed by atoms with van der Waals surface area (Å²) in [7, 11) is 1.29. The van der Waals surface area contributed by atoms with Gasteiger partial charge in [-0.3, -0.25) is 4.57 Å². The molecule has 0 spiro atoms. The highest BCUT2D eigenvalue weighted by Crippen LogP contribution is 2.37. The smallest absolute Gasteiger partial charge is 0.373 e. The molecule has 7 nitrogen and oxygen atoms in total. The molecule has 0 saturated heterocycles. The molecule has 0 atom stereocenters. The molecule has 3 aromatic rings. The van der Waals surface area contributed by atoms with E-state index in [4.69, 9.17) is 4.42 Å². The summed E-state index contributed by atoms with van der Waals surface area (Å²) in [5.41, 5.74) is -0.156. The van der Waals surface area contributed by atoms with E-state index in [1.54, 1.807) is 22.0 Å². The minimum Gasteiger partial charge on any atom is -0.463 e. The molecule has 0 unspecified atom stereocenters. The van der Waals surface area contributed by atoms with E-state index in [0.29, 0.717) is 11.6 Å². The van der Waals surface area contributed by atoms with E-state index in [0.717, 1.165) is 17.7 Å². The molecule has 1 fully saturated rings. The molecule has 0 aromatic carbocycles. The average Bonchev–Trinajstić information content (AvgIpc) is 3.02. The van der Waals surface area contributed by atoms with Gasteiger partial charge in [0.15, 0.2) is 5.82 Å². The Morgan fingerprint density at radius 1 is 1.42 bits per heavy atom. The third kappa shape index (κ3) is 2.58. The van der Waals surface area contributed by atoms with Crippen LogP contribution in [-0.4, -0.2) is 27.4 Å². The Hall–Kier alpha value is -2.61. The Kier molecular flexibility index (Phi) is 3.61. The fraction of sp³-hybridized carbons (Fsp3) is 0.312. The molecule has 1 aliphatic rings.